The fraction of sp³-hybridized carbons (Fsp3) is 0.619. The van der Waals surface area contributed by atoms with Gasteiger partial charge in [-0.05, 0) is 44.6 Å². The van der Waals surface area contributed by atoms with E-state index in [1.165, 1.54) is 28.0 Å². The lowest BCUT2D eigenvalue weighted by atomic mass is 10.1. The lowest BCUT2D eigenvalue weighted by Crippen LogP contribution is -2.19. The molecule has 31 heavy (non-hydrogen) atoms. The normalized spacial score (nSPS) is 17.7. The summed E-state index contributed by atoms with van der Waals surface area (Å²) in [5.74, 6) is 0.574. The number of aryl methyl sites for hydroxylation is 2. The molecule has 1 amide bonds. The van der Waals surface area contributed by atoms with Gasteiger partial charge in [0.2, 0.25) is 5.91 Å². The van der Waals surface area contributed by atoms with Gasteiger partial charge in [-0.15, -0.1) is 21.5 Å². The van der Waals surface area contributed by atoms with Crippen LogP contribution in [-0.2, 0) is 40.1 Å². The number of aromatic nitrogens is 3. The summed E-state index contributed by atoms with van der Waals surface area (Å²) in [6.07, 6.45) is 5.90. The van der Waals surface area contributed by atoms with Crippen LogP contribution in [0, 0.1) is 0 Å². The number of nitrogens with zero attached hydrogens (tertiary/aromatic N) is 3. The van der Waals surface area contributed by atoms with Crippen LogP contribution in [0.15, 0.2) is 5.16 Å². The molecule has 0 radical (unpaired) electrons. The number of nitrogens with one attached hydrogen (secondary N) is 1. The van der Waals surface area contributed by atoms with Gasteiger partial charge in [-0.2, -0.15) is 0 Å². The van der Waals surface area contributed by atoms with Crippen molar-refractivity contribution >= 4 is 40.0 Å². The van der Waals surface area contributed by atoms with Crippen LogP contribution in [0.5, 0.6) is 0 Å². The highest BCUT2D eigenvalue weighted by Gasteiger charge is 2.28. The van der Waals surface area contributed by atoms with E-state index in [2.05, 4.69) is 20.1 Å². The van der Waals surface area contributed by atoms with E-state index in [0.717, 1.165) is 61.7 Å². The second-order valence-electron chi connectivity index (χ2n) is 7.62. The number of hydrogen-bond donors (Lipinski definition) is 1. The second kappa shape index (κ2) is 10.1. The molecule has 4 rings (SSSR count). The molecule has 0 aromatic carbocycles. The van der Waals surface area contributed by atoms with Crippen LogP contribution in [0.3, 0.4) is 0 Å². The van der Waals surface area contributed by atoms with Crippen molar-refractivity contribution < 1.29 is 19.1 Å². The average Bonchev–Trinajstić information content (AvgIpc) is 3.52. The molecule has 2 aromatic heterocycles. The van der Waals surface area contributed by atoms with Gasteiger partial charge in [0.05, 0.1) is 30.6 Å². The Morgan fingerprint density at radius 1 is 1.29 bits per heavy atom. The number of esters is 1. The van der Waals surface area contributed by atoms with Crippen molar-refractivity contribution in [1.82, 2.24) is 14.8 Å². The molecule has 2 aromatic rings. The molecule has 1 aliphatic heterocycles. The Balaban J connectivity index is 1.42. The molecule has 0 spiro atoms. The molecule has 1 atom stereocenters. The molecule has 10 heteroatoms. The van der Waals surface area contributed by atoms with Gasteiger partial charge in [0, 0.05) is 17.9 Å². The molecule has 168 valence electrons. The minimum absolute atomic E-state index is 0.166. The maximum absolute atomic E-state index is 12.7. The van der Waals surface area contributed by atoms with Crippen molar-refractivity contribution in [3.05, 3.63) is 21.8 Å². The number of carbonyl (C=O) groups is 2. The molecular weight excluding hydrogens is 436 g/mol. The van der Waals surface area contributed by atoms with E-state index in [9.17, 15) is 9.59 Å². The maximum Gasteiger partial charge on any atom is 0.341 e. The van der Waals surface area contributed by atoms with Gasteiger partial charge in [0.15, 0.2) is 5.16 Å². The maximum atomic E-state index is 12.7. The van der Waals surface area contributed by atoms with E-state index >= 15 is 0 Å². The molecular formula is C21H28N4O4S2. The summed E-state index contributed by atoms with van der Waals surface area (Å²) >= 11 is 2.85. The lowest BCUT2D eigenvalue weighted by molar-refractivity contribution is -0.113. The summed E-state index contributed by atoms with van der Waals surface area (Å²) in [7, 11) is 0. The topological polar surface area (TPSA) is 95.3 Å². The summed E-state index contributed by atoms with van der Waals surface area (Å²) in [5, 5.41) is 12.8. The van der Waals surface area contributed by atoms with Crippen molar-refractivity contribution in [2.75, 3.05) is 24.3 Å². The van der Waals surface area contributed by atoms with Crippen LogP contribution in [-0.4, -0.2) is 51.7 Å². The van der Waals surface area contributed by atoms with Crippen LogP contribution in [0.4, 0.5) is 5.00 Å². The van der Waals surface area contributed by atoms with Gasteiger partial charge in [-0.3, -0.25) is 4.79 Å². The SMILES string of the molecule is CCOC(=O)c1c(NC(=O)CSc2nnc(CC)n2CC2CCCO2)sc2c1CCC2. The average molecular weight is 465 g/mol. The van der Waals surface area contributed by atoms with Gasteiger partial charge in [-0.25, -0.2) is 4.79 Å². The zero-order chi connectivity index (χ0) is 21.8. The summed E-state index contributed by atoms with van der Waals surface area (Å²) < 4.78 is 13.1. The predicted molar refractivity (Wildman–Crippen MR) is 120 cm³/mol. The summed E-state index contributed by atoms with van der Waals surface area (Å²) in [6.45, 7) is 5.66. The zero-order valence-electron chi connectivity index (χ0n) is 17.9. The third-order valence-corrected chi connectivity index (χ3v) is 7.68. The molecule has 8 nitrogen and oxygen atoms in total. The van der Waals surface area contributed by atoms with Crippen LogP contribution in [0.2, 0.25) is 0 Å². The van der Waals surface area contributed by atoms with Gasteiger partial charge in [0.1, 0.15) is 10.8 Å². The van der Waals surface area contributed by atoms with Crippen LogP contribution in [0.1, 0.15) is 59.7 Å². The standard InChI is InChI=1S/C21H28N4O4S2/c1-3-16-23-24-21(25(16)11-13-7-6-10-29-13)30-12-17(26)22-19-18(20(27)28-4-2)14-8-5-9-15(14)31-19/h13H,3-12H2,1-2H3,(H,22,26). The number of anilines is 1. The predicted octanol–water partition coefficient (Wildman–Crippen LogP) is 3.48. The molecule has 1 N–H and O–H groups in total. The summed E-state index contributed by atoms with van der Waals surface area (Å²) in [4.78, 5) is 26.4. The van der Waals surface area contributed by atoms with Crippen LogP contribution >= 0.6 is 23.1 Å². The number of thiophene rings is 1. The fourth-order valence-electron chi connectivity index (χ4n) is 4.07. The highest BCUT2D eigenvalue weighted by Crippen LogP contribution is 2.39. The van der Waals surface area contributed by atoms with Crippen molar-refractivity contribution in [2.45, 2.75) is 70.2 Å². The molecule has 1 fully saturated rings. The molecule has 1 saturated heterocycles. The van der Waals surface area contributed by atoms with Crippen molar-refractivity contribution in [1.29, 1.82) is 0 Å². The van der Waals surface area contributed by atoms with Crippen LogP contribution < -0.4 is 5.32 Å². The molecule has 2 aliphatic rings. The Hall–Kier alpha value is -1.91. The number of ether oxygens (including phenoxy) is 2. The number of fused-ring (bicyclic) bond motifs is 1. The third-order valence-electron chi connectivity index (χ3n) is 5.51. The minimum Gasteiger partial charge on any atom is -0.462 e. The van der Waals surface area contributed by atoms with E-state index in [0.29, 0.717) is 23.7 Å². The lowest BCUT2D eigenvalue weighted by Gasteiger charge is -2.14. The van der Waals surface area contributed by atoms with Crippen molar-refractivity contribution in [3.8, 4) is 0 Å². The zero-order valence-corrected chi connectivity index (χ0v) is 19.6. The van der Waals surface area contributed by atoms with Crippen molar-refractivity contribution in [2.24, 2.45) is 0 Å². The summed E-state index contributed by atoms with van der Waals surface area (Å²) in [6, 6.07) is 0. The fourth-order valence-corrected chi connectivity index (χ4v) is 6.13. The Bertz CT molecular complexity index is 950. The largest absolute Gasteiger partial charge is 0.462 e. The first-order valence-electron chi connectivity index (χ1n) is 10.9. The Labute approximate surface area is 190 Å². The number of hydrogen-bond acceptors (Lipinski definition) is 8. The highest BCUT2D eigenvalue weighted by atomic mass is 32.2. The summed E-state index contributed by atoms with van der Waals surface area (Å²) in [5.41, 5.74) is 1.57. The molecule has 0 saturated carbocycles. The van der Waals surface area contributed by atoms with E-state index in [-0.39, 0.29) is 23.7 Å². The second-order valence-corrected chi connectivity index (χ2v) is 9.66. The quantitative estimate of drug-likeness (QED) is 0.448. The van der Waals surface area contributed by atoms with Gasteiger partial charge in [0.25, 0.3) is 0 Å². The first-order valence-corrected chi connectivity index (χ1v) is 12.7. The van der Waals surface area contributed by atoms with E-state index < -0.39 is 0 Å². The van der Waals surface area contributed by atoms with E-state index in [1.807, 2.05) is 6.92 Å². The minimum atomic E-state index is -0.353. The molecule has 1 aliphatic carbocycles. The van der Waals surface area contributed by atoms with Crippen molar-refractivity contribution in [3.63, 3.8) is 0 Å². The monoisotopic (exact) mass is 464 g/mol. The Morgan fingerprint density at radius 3 is 2.90 bits per heavy atom. The molecule has 0 bridgehead atoms. The Kier molecular flexibility index (Phi) is 7.29. The smallest absolute Gasteiger partial charge is 0.341 e. The van der Waals surface area contributed by atoms with Gasteiger partial charge in [-0.1, -0.05) is 18.7 Å². The molecule has 3 heterocycles. The Morgan fingerprint density at radius 2 is 2.16 bits per heavy atom. The van der Waals surface area contributed by atoms with Gasteiger partial charge < -0.3 is 19.4 Å². The first-order chi connectivity index (χ1) is 15.1. The number of thioether (sulfide) groups is 1. The third kappa shape index (κ3) is 4.96. The van der Waals surface area contributed by atoms with Crippen LogP contribution in [0.25, 0.3) is 0 Å². The number of amides is 1. The number of rotatable bonds is 9. The van der Waals surface area contributed by atoms with E-state index in [4.69, 9.17) is 9.47 Å². The highest BCUT2D eigenvalue weighted by molar-refractivity contribution is 7.99. The van der Waals surface area contributed by atoms with Gasteiger partial charge >= 0.3 is 5.97 Å². The molecule has 1 unspecified atom stereocenters. The number of carbonyl (C=O) groups excluding carboxylic acids is 2. The van der Waals surface area contributed by atoms with E-state index in [1.54, 1.807) is 6.92 Å². The first kappa shape index (κ1) is 22.3.